The maximum atomic E-state index is 5.89. The van der Waals surface area contributed by atoms with Crippen LogP contribution in [0.3, 0.4) is 0 Å². The second kappa shape index (κ2) is 6.48. The van der Waals surface area contributed by atoms with E-state index < -0.39 is 0 Å². The molecule has 0 fully saturated rings. The van der Waals surface area contributed by atoms with Crippen LogP contribution in [0.5, 0.6) is 11.6 Å². The molecule has 106 valence electrons. The number of ether oxygens (including phenoxy) is 1. The van der Waals surface area contributed by atoms with Gasteiger partial charge in [-0.2, -0.15) is 0 Å². The minimum absolute atomic E-state index is 0.266. The van der Waals surface area contributed by atoms with Crippen LogP contribution in [-0.4, -0.2) is 17.0 Å². The molecule has 0 aromatic carbocycles. The first-order chi connectivity index (χ1) is 9.63. The topological polar surface area (TPSA) is 47.0 Å². The van der Waals surface area contributed by atoms with Crippen molar-refractivity contribution in [3.63, 3.8) is 0 Å². The Morgan fingerprint density at radius 1 is 1.30 bits per heavy atom. The number of aromatic nitrogens is 2. The van der Waals surface area contributed by atoms with Gasteiger partial charge in [-0.05, 0) is 51.1 Å². The highest BCUT2D eigenvalue weighted by Crippen LogP contribution is 2.25. The molecule has 4 nitrogen and oxygen atoms in total. The van der Waals surface area contributed by atoms with Crippen LogP contribution in [-0.2, 0) is 6.42 Å². The summed E-state index contributed by atoms with van der Waals surface area (Å²) in [5, 5.41) is 3.21. The Morgan fingerprint density at radius 3 is 2.80 bits per heavy atom. The van der Waals surface area contributed by atoms with Gasteiger partial charge < -0.3 is 10.1 Å². The van der Waals surface area contributed by atoms with Gasteiger partial charge >= 0.3 is 0 Å². The molecule has 0 saturated carbocycles. The van der Waals surface area contributed by atoms with Crippen molar-refractivity contribution in [3.8, 4) is 11.6 Å². The van der Waals surface area contributed by atoms with Gasteiger partial charge in [0.05, 0.1) is 5.69 Å². The van der Waals surface area contributed by atoms with E-state index in [1.165, 1.54) is 0 Å². The smallest absolute Gasteiger partial charge is 0.219 e. The summed E-state index contributed by atoms with van der Waals surface area (Å²) < 4.78 is 5.89. The average Bonchev–Trinajstić information content (AvgIpc) is 2.48. The zero-order chi connectivity index (χ0) is 14.5. The van der Waals surface area contributed by atoms with Gasteiger partial charge in [0, 0.05) is 24.0 Å². The van der Waals surface area contributed by atoms with Crippen molar-refractivity contribution >= 4 is 0 Å². The fourth-order valence-corrected chi connectivity index (χ4v) is 1.97. The number of rotatable bonds is 5. The Hall–Kier alpha value is -1.94. The molecule has 0 spiro atoms. The summed E-state index contributed by atoms with van der Waals surface area (Å²) in [5.74, 6) is 1.38. The third kappa shape index (κ3) is 3.33. The van der Waals surface area contributed by atoms with E-state index in [1.807, 2.05) is 38.2 Å². The van der Waals surface area contributed by atoms with E-state index in [9.17, 15) is 0 Å². The number of pyridine rings is 2. The van der Waals surface area contributed by atoms with Crippen molar-refractivity contribution in [2.75, 3.05) is 7.05 Å². The quantitative estimate of drug-likeness (QED) is 0.905. The predicted octanol–water partition coefficient (Wildman–Crippen LogP) is 3.42. The molecular weight excluding hydrogens is 250 g/mol. The molecule has 0 aliphatic carbocycles. The van der Waals surface area contributed by atoms with Crippen LogP contribution in [0.1, 0.15) is 36.8 Å². The normalized spacial score (nSPS) is 12.2. The molecule has 0 bridgehead atoms. The van der Waals surface area contributed by atoms with Gasteiger partial charge in [-0.15, -0.1) is 0 Å². The first kappa shape index (κ1) is 14.5. The first-order valence-corrected chi connectivity index (χ1v) is 6.91. The molecule has 0 amide bonds. The zero-order valence-electron chi connectivity index (χ0n) is 12.5. The lowest BCUT2D eigenvalue weighted by atomic mass is 10.1. The van der Waals surface area contributed by atoms with Crippen LogP contribution < -0.4 is 10.1 Å². The minimum Gasteiger partial charge on any atom is -0.437 e. The van der Waals surface area contributed by atoms with Crippen molar-refractivity contribution in [1.82, 2.24) is 15.3 Å². The van der Waals surface area contributed by atoms with Gasteiger partial charge in [-0.3, -0.25) is 4.98 Å². The van der Waals surface area contributed by atoms with Crippen LogP contribution in [0.15, 0.2) is 30.5 Å². The number of nitrogens with one attached hydrogen (secondary N) is 1. The molecule has 1 N–H and O–H groups in total. The molecule has 20 heavy (non-hydrogen) atoms. The third-order valence-electron chi connectivity index (χ3n) is 3.31. The molecule has 0 aliphatic heterocycles. The fraction of sp³-hybridized carbons (Fsp3) is 0.375. The SMILES string of the molecule is CCc1nc(C)ccc1Oc1cc(C(C)NC)ccn1. The van der Waals surface area contributed by atoms with Crippen molar-refractivity contribution in [2.24, 2.45) is 0 Å². The lowest BCUT2D eigenvalue weighted by Crippen LogP contribution is -2.12. The largest absolute Gasteiger partial charge is 0.437 e. The zero-order valence-corrected chi connectivity index (χ0v) is 12.5. The lowest BCUT2D eigenvalue weighted by Gasteiger charge is -2.13. The summed E-state index contributed by atoms with van der Waals surface area (Å²) >= 11 is 0. The number of hydrogen-bond acceptors (Lipinski definition) is 4. The Labute approximate surface area is 120 Å². The number of hydrogen-bond donors (Lipinski definition) is 1. The molecule has 0 aliphatic rings. The summed E-state index contributed by atoms with van der Waals surface area (Å²) in [5.41, 5.74) is 3.11. The second-order valence-corrected chi connectivity index (χ2v) is 4.79. The molecule has 1 atom stereocenters. The molecular formula is C16H21N3O. The summed E-state index contributed by atoms with van der Waals surface area (Å²) in [4.78, 5) is 8.77. The summed E-state index contributed by atoms with van der Waals surface area (Å²) in [7, 11) is 1.94. The highest BCUT2D eigenvalue weighted by molar-refractivity contribution is 5.34. The predicted molar refractivity (Wildman–Crippen MR) is 80.1 cm³/mol. The summed E-state index contributed by atoms with van der Waals surface area (Å²) in [6.07, 6.45) is 2.61. The van der Waals surface area contributed by atoms with Gasteiger partial charge in [0.1, 0.15) is 0 Å². The van der Waals surface area contributed by atoms with Crippen molar-refractivity contribution < 1.29 is 4.74 Å². The van der Waals surface area contributed by atoms with E-state index in [0.717, 1.165) is 29.1 Å². The van der Waals surface area contributed by atoms with Gasteiger partial charge in [0.25, 0.3) is 0 Å². The van der Waals surface area contributed by atoms with E-state index in [1.54, 1.807) is 6.20 Å². The van der Waals surface area contributed by atoms with E-state index >= 15 is 0 Å². The van der Waals surface area contributed by atoms with Crippen molar-refractivity contribution in [2.45, 2.75) is 33.2 Å². The van der Waals surface area contributed by atoms with Crippen LogP contribution in [0.2, 0.25) is 0 Å². The average molecular weight is 271 g/mol. The van der Waals surface area contributed by atoms with E-state index in [-0.39, 0.29) is 6.04 Å². The molecule has 4 heteroatoms. The first-order valence-electron chi connectivity index (χ1n) is 6.91. The Kier molecular flexibility index (Phi) is 4.69. The Balaban J connectivity index is 2.26. The molecule has 2 aromatic heterocycles. The van der Waals surface area contributed by atoms with Gasteiger partial charge in [-0.25, -0.2) is 4.98 Å². The highest BCUT2D eigenvalue weighted by atomic mass is 16.5. The molecule has 2 aromatic rings. The maximum absolute atomic E-state index is 5.89. The van der Waals surface area contributed by atoms with Crippen LogP contribution >= 0.6 is 0 Å². The molecule has 2 rings (SSSR count). The van der Waals surface area contributed by atoms with Crippen LogP contribution in [0.25, 0.3) is 0 Å². The van der Waals surface area contributed by atoms with E-state index in [2.05, 4.69) is 29.1 Å². The molecule has 0 saturated heterocycles. The fourth-order valence-electron chi connectivity index (χ4n) is 1.97. The summed E-state index contributed by atoms with van der Waals surface area (Å²) in [6, 6.07) is 8.12. The highest BCUT2D eigenvalue weighted by Gasteiger charge is 2.08. The summed E-state index contributed by atoms with van der Waals surface area (Å²) in [6.45, 7) is 6.15. The Bertz CT molecular complexity index is 584. The minimum atomic E-state index is 0.266. The van der Waals surface area contributed by atoms with E-state index in [4.69, 9.17) is 4.74 Å². The third-order valence-corrected chi connectivity index (χ3v) is 3.31. The Morgan fingerprint density at radius 2 is 2.10 bits per heavy atom. The van der Waals surface area contributed by atoms with Crippen LogP contribution in [0.4, 0.5) is 0 Å². The second-order valence-electron chi connectivity index (χ2n) is 4.79. The van der Waals surface area contributed by atoms with Crippen molar-refractivity contribution in [3.05, 3.63) is 47.4 Å². The molecule has 1 unspecified atom stereocenters. The molecule has 0 radical (unpaired) electrons. The standard InChI is InChI=1S/C16H21N3O/c1-5-14-15(7-6-11(2)19-14)20-16-10-13(8-9-18-16)12(3)17-4/h6-10,12,17H,5H2,1-4H3. The van der Waals surface area contributed by atoms with Crippen LogP contribution in [0, 0.1) is 6.92 Å². The molecule has 2 heterocycles. The number of nitrogens with zero attached hydrogens (tertiary/aromatic N) is 2. The van der Waals surface area contributed by atoms with Crippen molar-refractivity contribution in [1.29, 1.82) is 0 Å². The van der Waals surface area contributed by atoms with E-state index in [0.29, 0.717) is 5.88 Å². The number of aryl methyl sites for hydroxylation is 2. The van der Waals surface area contributed by atoms with Gasteiger partial charge in [0.15, 0.2) is 5.75 Å². The van der Waals surface area contributed by atoms with Gasteiger partial charge in [0.2, 0.25) is 5.88 Å². The maximum Gasteiger partial charge on any atom is 0.219 e. The van der Waals surface area contributed by atoms with Gasteiger partial charge in [-0.1, -0.05) is 6.92 Å². The monoisotopic (exact) mass is 271 g/mol. The lowest BCUT2D eigenvalue weighted by molar-refractivity contribution is 0.452.